The molecule has 0 aliphatic heterocycles. The molecule has 0 amide bonds. The lowest BCUT2D eigenvalue weighted by Gasteiger charge is -2.00. The lowest BCUT2D eigenvalue weighted by Crippen LogP contribution is -2.03. The van der Waals surface area contributed by atoms with E-state index < -0.39 is 0 Å². The van der Waals surface area contributed by atoms with Gasteiger partial charge in [0.05, 0.1) is 0 Å². The van der Waals surface area contributed by atoms with E-state index in [1.807, 2.05) is 13.1 Å². The third kappa shape index (κ3) is 3.29. The number of likely N-dealkylation sites (N-methyl/N-ethyl adjacent to an activating group) is 1. The maximum absolute atomic E-state index is 13.3. The summed E-state index contributed by atoms with van der Waals surface area (Å²) in [7, 11) is 1.81. The summed E-state index contributed by atoms with van der Waals surface area (Å²) in [6.45, 7) is 2.14. The van der Waals surface area contributed by atoms with Crippen LogP contribution >= 0.6 is 0 Å². The van der Waals surface area contributed by atoms with Gasteiger partial charge < -0.3 is 5.32 Å². The molecular weight excluding hydrogens is 193 g/mol. The minimum absolute atomic E-state index is 0.0572. The van der Waals surface area contributed by atoms with Crippen molar-refractivity contribution in [1.29, 1.82) is 0 Å². The lowest BCUT2D eigenvalue weighted by atomic mass is 10.1. The second-order valence-electron chi connectivity index (χ2n) is 3.25. The summed E-state index contributed by atoms with van der Waals surface area (Å²) in [5.41, 5.74) is 0.971. The molecule has 0 aliphatic carbocycles. The van der Waals surface area contributed by atoms with Crippen LogP contribution in [-0.2, 0) is 0 Å². The summed E-state index contributed by atoms with van der Waals surface area (Å²) in [5.74, 6) is -0.370. The topological polar surface area (TPSA) is 29.1 Å². The van der Waals surface area contributed by atoms with Crippen LogP contribution in [0.15, 0.2) is 24.3 Å². The Morgan fingerprint density at radius 1 is 1.53 bits per heavy atom. The first kappa shape index (κ1) is 11.6. The summed E-state index contributed by atoms with van der Waals surface area (Å²) in [5, 5.41) is 2.92. The van der Waals surface area contributed by atoms with Crippen LogP contribution in [-0.4, -0.2) is 19.4 Å². The highest BCUT2D eigenvalue weighted by Gasteiger charge is 2.03. The van der Waals surface area contributed by atoms with E-state index in [1.54, 1.807) is 12.1 Å². The number of hydrogen-bond acceptors (Lipinski definition) is 2. The SMILES string of the molecule is CNCC=Cc1cc(C(C)=O)ccc1F. The summed E-state index contributed by atoms with van der Waals surface area (Å²) < 4.78 is 13.3. The molecule has 0 aromatic heterocycles. The normalized spacial score (nSPS) is 10.9. The molecule has 0 aliphatic rings. The van der Waals surface area contributed by atoms with Crippen molar-refractivity contribution in [1.82, 2.24) is 5.32 Å². The number of hydrogen-bond donors (Lipinski definition) is 1. The molecule has 0 atom stereocenters. The molecule has 0 fully saturated rings. The summed E-state index contributed by atoms with van der Waals surface area (Å²) in [6, 6.07) is 4.37. The second kappa shape index (κ2) is 5.41. The van der Waals surface area contributed by atoms with Crippen LogP contribution in [0.4, 0.5) is 4.39 Å². The lowest BCUT2D eigenvalue weighted by molar-refractivity contribution is 0.101. The van der Waals surface area contributed by atoms with Crippen molar-refractivity contribution in [2.24, 2.45) is 0 Å². The van der Waals surface area contributed by atoms with Gasteiger partial charge in [0, 0.05) is 17.7 Å². The minimum atomic E-state index is -0.313. The molecule has 1 rings (SSSR count). The van der Waals surface area contributed by atoms with Gasteiger partial charge in [0.15, 0.2) is 5.78 Å². The molecule has 0 unspecified atom stereocenters. The van der Waals surface area contributed by atoms with E-state index in [1.165, 1.54) is 19.1 Å². The number of Topliss-reactive ketones (excluding diaryl/α,β-unsaturated/α-hetero) is 1. The van der Waals surface area contributed by atoms with Crippen LogP contribution in [0.25, 0.3) is 6.08 Å². The van der Waals surface area contributed by atoms with E-state index in [-0.39, 0.29) is 11.6 Å². The second-order valence-corrected chi connectivity index (χ2v) is 3.25. The summed E-state index contributed by atoms with van der Waals surface area (Å²) in [4.78, 5) is 11.1. The minimum Gasteiger partial charge on any atom is -0.316 e. The van der Waals surface area contributed by atoms with E-state index in [4.69, 9.17) is 0 Å². The Bertz CT molecular complexity index is 385. The van der Waals surface area contributed by atoms with Crippen LogP contribution in [0.2, 0.25) is 0 Å². The van der Waals surface area contributed by atoms with Gasteiger partial charge in [0.1, 0.15) is 5.82 Å². The number of carbonyl (C=O) groups is 1. The fourth-order valence-corrected chi connectivity index (χ4v) is 1.19. The number of carbonyl (C=O) groups excluding carboxylic acids is 1. The Hall–Kier alpha value is -1.48. The Labute approximate surface area is 88.8 Å². The third-order valence-electron chi connectivity index (χ3n) is 2.02. The summed E-state index contributed by atoms with van der Waals surface area (Å²) in [6.07, 6.45) is 3.47. The van der Waals surface area contributed by atoms with Crippen molar-refractivity contribution in [3.8, 4) is 0 Å². The summed E-state index contributed by atoms with van der Waals surface area (Å²) >= 11 is 0. The number of halogens is 1. The van der Waals surface area contributed by atoms with Crippen LogP contribution in [0.1, 0.15) is 22.8 Å². The van der Waals surface area contributed by atoms with Crippen molar-refractivity contribution < 1.29 is 9.18 Å². The highest BCUT2D eigenvalue weighted by Crippen LogP contribution is 2.12. The van der Waals surface area contributed by atoms with Crippen molar-refractivity contribution in [2.45, 2.75) is 6.92 Å². The molecule has 0 spiro atoms. The predicted octanol–water partition coefficient (Wildman–Crippen LogP) is 2.26. The zero-order chi connectivity index (χ0) is 11.3. The Morgan fingerprint density at radius 2 is 2.27 bits per heavy atom. The molecule has 1 aromatic rings. The molecule has 3 heteroatoms. The average Bonchev–Trinajstić information content (AvgIpc) is 2.20. The van der Waals surface area contributed by atoms with E-state index in [0.717, 1.165) is 0 Å². The predicted molar refractivity (Wildman–Crippen MR) is 59.4 cm³/mol. The van der Waals surface area contributed by atoms with Crippen molar-refractivity contribution in [3.63, 3.8) is 0 Å². The zero-order valence-electron chi connectivity index (χ0n) is 8.88. The number of nitrogens with one attached hydrogen (secondary N) is 1. The maximum Gasteiger partial charge on any atom is 0.159 e. The number of ketones is 1. The van der Waals surface area contributed by atoms with Gasteiger partial charge in [-0.3, -0.25) is 4.79 Å². The molecule has 0 heterocycles. The van der Waals surface area contributed by atoms with Crippen LogP contribution in [0.5, 0.6) is 0 Å². The van der Waals surface area contributed by atoms with Gasteiger partial charge in [-0.05, 0) is 32.2 Å². The first-order valence-electron chi connectivity index (χ1n) is 4.76. The third-order valence-corrected chi connectivity index (χ3v) is 2.02. The highest BCUT2D eigenvalue weighted by molar-refractivity contribution is 5.94. The number of benzene rings is 1. The average molecular weight is 207 g/mol. The fourth-order valence-electron chi connectivity index (χ4n) is 1.19. The van der Waals surface area contributed by atoms with Crippen molar-refractivity contribution >= 4 is 11.9 Å². The van der Waals surface area contributed by atoms with E-state index in [9.17, 15) is 9.18 Å². The van der Waals surface area contributed by atoms with Gasteiger partial charge in [-0.1, -0.05) is 12.2 Å². The van der Waals surface area contributed by atoms with Gasteiger partial charge in [0.2, 0.25) is 0 Å². The smallest absolute Gasteiger partial charge is 0.159 e. The van der Waals surface area contributed by atoms with E-state index in [0.29, 0.717) is 17.7 Å². The number of rotatable bonds is 4. The van der Waals surface area contributed by atoms with Crippen LogP contribution in [0.3, 0.4) is 0 Å². The molecule has 1 N–H and O–H groups in total. The molecule has 0 saturated heterocycles. The molecule has 0 saturated carbocycles. The van der Waals surface area contributed by atoms with Gasteiger partial charge >= 0.3 is 0 Å². The molecule has 15 heavy (non-hydrogen) atoms. The van der Waals surface area contributed by atoms with Gasteiger partial charge in [0.25, 0.3) is 0 Å². The fraction of sp³-hybridized carbons (Fsp3) is 0.250. The van der Waals surface area contributed by atoms with Crippen LogP contribution in [0, 0.1) is 5.82 Å². The quantitative estimate of drug-likeness (QED) is 0.767. The van der Waals surface area contributed by atoms with Crippen molar-refractivity contribution in [3.05, 3.63) is 41.2 Å². The van der Waals surface area contributed by atoms with E-state index in [2.05, 4.69) is 5.32 Å². The highest BCUT2D eigenvalue weighted by atomic mass is 19.1. The molecule has 0 bridgehead atoms. The standard InChI is InChI=1S/C12H14FNO/c1-9(15)10-5-6-12(13)11(8-10)4-3-7-14-2/h3-6,8,14H,7H2,1-2H3. The first-order chi connectivity index (χ1) is 7.15. The van der Waals surface area contributed by atoms with Gasteiger partial charge in [-0.2, -0.15) is 0 Å². The van der Waals surface area contributed by atoms with Gasteiger partial charge in [-0.25, -0.2) is 4.39 Å². The Kier molecular flexibility index (Phi) is 4.18. The molecular formula is C12H14FNO. The largest absolute Gasteiger partial charge is 0.316 e. The Balaban J connectivity index is 2.95. The molecule has 1 aromatic carbocycles. The zero-order valence-corrected chi connectivity index (χ0v) is 8.88. The van der Waals surface area contributed by atoms with Crippen LogP contribution < -0.4 is 5.32 Å². The van der Waals surface area contributed by atoms with Crippen molar-refractivity contribution in [2.75, 3.05) is 13.6 Å². The molecule has 0 radical (unpaired) electrons. The monoisotopic (exact) mass is 207 g/mol. The van der Waals surface area contributed by atoms with E-state index >= 15 is 0 Å². The molecule has 80 valence electrons. The van der Waals surface area contributed by atoms with Gasteiger partial charge in [-0.15, -0.1) is 0 Å². The molecule has 2 nitrogen and oxygen atoms in total. The Morgan fingerprint density at radius 3 is 2.87 bits per heavy atom. The first-order valence-corrected chi connectivity index (χ1v) is 4.76. The maximum atomic E-state index is 13.3.